The molecule has 1 heterocycles. The fourth-order valence-corrected chi connectivity index (χ4v) is 4.97. The van der Waals surface area contributed by atoms with Crippen molar-refractivity contribution in [1.29, 1.82) is 0 Å². The van der Waals surface area contributed by atoms with Crippen LogP contribution < -0.4 is 10.1 Å². The molecule has 0 unspecified atom stereocenters. The molecule has 3 fully saturated rings. The Morgan fingerprint density at radius 1 is 1.33 bits per heavy atom. The van der Waals surface area contributed by atoms with Crippen LogP contribution in [0.25, 0.3) is 0 Å². The van der Waals surface area contributed by atoms with E-state index in [2.05, 4.69) is 9.69 Å². The van der Waals surface area contributed by atoms with Gasteiger partial charge in [-0.3, -0.25) is 9.59 Å². The van der Waals surface area contributed by atoms with Crippen LogP contribution in [0.5, 0.6) is 5.75 Å². The van der Waals surface area contributed by atoms with Crippen molar-refractivity contribution in [2.75, 3.05) is 6.61 Å². The molecule has 0 radical (unpaired) electrons. The summed E-state index contributed by atoms with van der Waals surface area (Å²) in [5.74, 6) is -0.506. The van der Waals surface area contributed by atoms with Crippen LogP contribution in [0.15, 0.2) is 24.3 Å². The van der Waals surface area contributed by atoms with Crippen molar-refractivity contribution in [3.8, 4) is 5.75 Å². The lowest BCUT2D eigenvalue weighted by Gasteiger charge is -2.70. The first-order valence-corrected chi connectivity index (χ1v) is 9.79. The first-order valence-electron chi connectivity index (χ1n) is 8.64. The van der Waals surface area contributed by atoms with Gasteiger partial charge in [0.15, 0.2) is 12.4 Å². The number of nitrogens with one attached hydrogen (secondary N) is 1. The largest absolute Gasteiger partial charge is 0.484 e. The summed E-state index contributed by atoms with van der Waals surface area (Å²) >= 11 is 6.95. The third-order valence-corrected chi connectivity index (χ3v) is 6.26. The topological polar surface area (TPSA) is 68.3 Å². The Balaban J connectivity index is 1.23. The van der Waals surface area contributed by atoms with E-state index in [1.807, 2.05) is 13.0 Å². The number of hydrogen-bond donors (Lipinski definition) is 1. The Labute approximate surface area is 165 Å². The van der Waals surface area contributed by atoms with Crippen molar-refractivity contribution in [3.63, 3.8) is 0 Å². The Morgan fingerprint density at radius 2 is 2.07 bits per heavy atom. The number of hydrogen-bond acceptors (Lipinski definition) is 5. The van der Waals surface area contributed by atoms with Crippen LogP contribution in [0.1, 0.15) is 41.0 Å². The Kier molecular flexibility index (Phi) is 4.47. The molecule has 0 atom stereocenters. The number of Topliss-reactive ketones (excluding diaryl/α,β-unsaturated/α-hetero) is 1. The number of aryl methyl sites for hydroxylation is 1. The van der Waals surface area contributed by atoms with Crippen molar-refractivity contribution >= 4 is 34.8 Å². The van der Waals surface area contributed by atoms with Crippen LogP contribution >= 0.6 is 23.1 Å². The van der Waals surface area contributed by atoms with Crippen molar-refractivity contribution < 1.29 is 18.7 Å². The minimum Gasteiger partial charge on any atom is -0.484 e. The fraction of sp³-hybridized carbons (Fsp3) is 0.421. The molecule has 5 rings (SSSR count). The lowest BCUT2D eigenvalue weighted by atomic mass is 9.38. The quantitative estimate of drug-likeness (QED) is 0.705. The highest BCUT2D eigenvalue weighted by atomic mass is 35.5. The van der Waals surface area contributed by atoms with Gasteiger partial charge in [-0.05, 0) is 61.3 Å². The van der Waals surface area contributed by atoms with Gasteiger partial charge in [-0.1, -0.05) is 11.6 Å². The predicted molar refractivity (Wildman–Crippen MR) is 99.9 cm³/mol. The molecule has 0 aliphatic heterocycles. The van der Waals surface area contributed by atoms with E-state index in [1.165, 1.54) is 23.7 Å². The maximum absolute atomic E-state index is 13.4. The molecule has 0 saturated heterocycles. The van der Waals surface area contributed by atoms with Gasteiger partial charge in [0.25, 0.3) is 5.91 Å². The number of aromatic nitrogens is 1. The van der Waals surface area contributed by atoms with Gasteiger partial charge in [0.1, 0.15) is 17.3 Å². The van der Waals surface area contributed by atoms with Gasteiger partial charge in [-0.2, -0.15) is 4.37 Å². The highest BCUT2D eigenvalue weighted by Gasteiger charge is 2.68. The molecule has 1 aromatic heterocycles. The molecule has 3 aliphatic carbocycles. The molecule has 3 saturated carbocycles. The maximum Gasteiger partial charge on any atom is 0.258 e. The van der Waals surface area contributed by atoms with Gasteiger partial charge in [-0.15, -0.1) is 0 Å². The monoisotopic (exact) mass is 408 g/mol. The highest BCUT2D eigenvalue weighted by molar-refractivity contribution is 7.05. The normalized spacial score (nSPS) is 25.3. The van der Waals surface area contributed by atoms with E-state index in [9.17, 15) is 14.0 Å². The third-order valence-electron chi connectivity index (χ3n) is 5.25. The van der Waals surface area contributed by atoms with Gasteiger partial charge in [-0.25, -0.2) is 4.39 Å². The van der Waals surface area contributed by atoms with Gasteiger partial charge in [0.05, 0.1) is 5.02 Å². The summed E-state index contributed by atoms with van der Waals surface area (Å²) < 4.78 is 22.9. The molecule has 1 aromatic carbocycles. The molecule has 0 spiro atoms. The minimum atomic E-state index is -0.587. The summed E-state index contributed by atoms with van der Waals surface area (Å²) in [5, 5.41) is 3.00. The molecule has 142 valence electrons. The number of ether oxygens (including phenoxy) is 1. The second kappa shape index (κ2) is 6.56. The van der Waals surface area contributed by atoms with Gasteiger partial charge in [0, 0.05) is 22.9 Å². The van der Waals surface area contributed by atoms with Crippen LogP contribution in [0.3, 0.4) is 0 Å². The van der Waals surface area contributed by atoms with E-state index in [0.29, 0.717) is 12.1 Å². The fourth-order valence-electron chi connectivity index (χ4n) is 4.29. The average molecular weight is 409 g/mol. The van der Waals surface area contributed by atoms with Crippen LogP contribution in [0, 0.1) is 18.2 Å². The second-order valence-electron chi connectivity index (χ2n) is 7.65. The zero-order valence-electron chi connectivity index (χ0n) is 14.7. The van der Waals surface area contributed by atoms with E-state index < -0.39 is 5.82 Å². The number of benzene rings is 1. The van der Waals surface area contributed by atoms with Gasteiger partial charge in [0.2, 0.25) is 0 Å². The molecule has 5 nitrogen and oxygen atoms in total. The Hall–Kier alpha value is -1.99. The van der Waals surface area contributed by atoms with Gasteiger partial charge >= 0.3 is 0 Å². The van der Waals surface area contributed by atoms with E-state index in [0.717, 1.165) is 30.2 Å². The first-order chi connectivity index (χ1) is 12.8. The summed E-state index contributed by atoms with van der Waals surface area (Å²) in [6.07, 6.45) is 2.89. The summed E-state index contributed by atoms with van der Waals surface area (Å²) in [7, 11) is 0. The molecule has 2 bridgehead atoms. The summed E-state index contributed by atoms with van der Waals surface area (Å²) in [6.45, 7) is 1.74. The summed E-state index contributed by atoms with van der Waals surface area (Å²) in [6, 6.07) is 5.88. The number of rotatable bonds is 7. The Morgan fingerprint density at radius 3 is 2.70 bits per heavy atom. The number of amides is 1. The van der Waals surface area contributed by atoms with E-state index in [4.69, 9.17) is 16.3 Å². The predicted octanol–water partition coefficient (Wildman–Crippen LogP) is 3.93. The Bertz CT molecular complexity index is 910. The second-order valence-corrected chi connectivity index (χ2v) is 9.06. The van der Waals surface area contributed by atoms with Crippen molar-refractivity contribution in [3.05, 3.63) is 45.7 Å². The number of carbonyl (C=O) groups excluding carboxylic acids is 2. The zero-order valence-corrected chi connectivity index (χ0v) is 16.3. The zero-order chi connectivity index (χ0) is 19.2. The third kappa shape index (κ3) is 3.58. The molecule has 2 aromatic rings. The number of nitrogens with zero attached hydrogens (tertiary/aromatic N) is 1. The minimum absolute atomic E-state index is 0.00203. The summed E-state index contributed by atoms with van der Waals surface area (Å²) in [5.41, 5.74) is 0.329. The van der Waals surface area contributed by atoms with E-state index >= 15 is 0 Å². The molecule has 1 N–H and O–H groups in total. The molecule has 3 aliphatic rings. The van der Waals surface area contributed by atoms with Gasteiger partial charge < -0.3 is 10.1 Å². The van der Waals surface area contributed by atoms with Crippen molar-refractivity contribution in [2.24, 2.45) is 5.41 Å². The van der Waals surface area contributed by atoms with E-state index in [-0.39, 0.29) is 40.0 Å². The molecular formula is C19H18ClFN2O3S. The molecular weight excluding hydrogens is 391 g/mol. The van der Waals surface area contributed by atoms with Crippen LogP contribution in [0.4, 0.5) is 4.39 Å². The van der Waals surface area contributed by atoms with E-state index in [1.54, 1.807) is 0 Å². The number of halogens is 2. The maximum atomic E-state index is 13.4. The lowest BCUT2D eigenvalue weighted by Crippen LogP contribution is -2.75. The molecule has 8 heteroatoms. The van der Waals surface area contributed by atoms with Crippen LogP contribution in [-0.2, 0) is 4.79 Å². The molecule has 27 heavy (non-hydrogen) atoms. The van der Waals surface area contributed by atoms with Crippen molar-refractivity contribution in [2.45, 2.75) is 38.1 Å². The molecule has 1 amide bonds. The lowest BCUT2D eigenvalue weighted by molar-refractivity contribution is -0.164. The first kappa shape index (κ1) is 18.4. The average Bonchev–Trinajstić information content (AvgIpc) is 2.99. The number of ketones is 1. The van der Waals surface area contributed by atoms with Crippen LogP contribution in [0.2, 0.25) is 5.02 Å². The van der Waals surface area contributed by atoms with Crippen molar-refractivity contribution in [1.82, 2.24) is 9.69 Å². The highest BCUT2D eigenvalue weighted by Crippen LogP contribution is 2.69. The SMILES string of the molecule is Cc1cc(C(=O)CC23CC(NC(=O)COc4ccc(Cl)c(F)c4)(C2)C3)ns1. The number of carbonyl (C=O) groups is 2. The smallest absolute Gasteiger partial charge is 0.258 e. The summed E-state index contributed by atoms with van der Waals surface area (Å²) in [4.78, 5) is 25.5. The standard InChI is InChI=1S/C19H18ClFN2O3S/c1-11-4-15(23-27-11)16(24)6-18-8-19(9-18,10-18)22-17(25)7-26-12-2-3-13(20)14(21)5-12/h2-5H,6-10H2,1H3,(H,22,25). The van der Waals surface area contributed by atoms with Crippen LogP contribution in [-0.4, -0.2) is 28.2 Å².